The highest BCUT2D eigenvalue weighted by Crippen LogP contribution is 2.29. The molecule has 5 nitrogen and oxygen atoms in total. The molecule has 2 heterocycles. The van der Waals surface area contributed by atoms with Crippen LogP contribution in [0.25, 0.3) is 17.3 Å². The number of ether oxygens (including phenoxy) is 1. The molecule has 0 atom stereocenters. The maximum absolute atomic E-state index is 6.10. The lowest BCUT2D eigenvalue weighted by Gasteiger charge is -2.14. The van der Waals surface area contributed by atoms with Gasteiger partial charge >= 0.3 is 0 Å². The Kier molecular flexibility index (Phi) is 5.59. The number of aromatic nitrogens is 3. The van der Waals surface area contributed by atoms with Crippen LogP contribution in [0.5, 0.6) is 5.75 Å². The molecule has 0 radical (unpaired) electrons. The van der Waals surface area contributed by atoms with Gasteiger partial charge in [0, 0.05) is 0 Å². The van der Waals surface area contributed by atoms with E-state index in [1.54, 1.807) is 0 Å². The van der Waals surface area contributed by atoms with Gasteiger partial charge in [0.05, 0.1) is 5.69 Å². The minimum atomic E-state index is 0.346. The number of aryl methyl sites for hydroxylation is 2. The Hall–Kier alpha value is -3.12. The number of hydrogen-bond donors (Lipinski definition) is 1. The third-order valence-electron chi connectivity index (χ3n) is 5.01. The van der Waals surface area contributed by atoms with Gasteiger partial charge in [0.15, 0.2) is 10.5 Å². The molecule has 1 N–H and O–H groups in total. The first-order chi connectivity index (χ1) is 14.4. The molecule has 4 rings (SSSR count). The molecule has 0 bridgehead atoms. The van der Waals surface area contributed by atoms with Crippen molar-refractivity contribution in [1.82, 2.24) is 14.8 Å². The third kappa shape index (κ3) is 4.09. The van der Waals surface area contributed by atoms with Gasteiger partial charge in [-0.1, -0.05) is 43.7 Å². The number of furan rings is 1. The van der Waals surface area contributed by atoms with E-state index in [9.17, 15) is 0 Å². The number of rotatable bonds is 6. The van der Waals surface area contributed by atoms with E-state index < -0.39 is 0 Å². The zero-order valence-electron chi connectivity index (χ0n) is 17.6. The zero-order chi connectivity index (χ0) is 21.3. The van der Waals surface area contributed by atoms with Crippen LogP contribution in [0.2, 0.25) is 0 Å². The van der Waals surface area contributed by atoms with Crippen molar-refractivity contribution in [2.45, 2.75) is 40.2 Å². The Bertz CT molecular complexity index is 1220. The molecular weight excluding hydrogens is 394 g/mol. The number of H-pyrrole nitrogens is 1. The normalized spacial score (nSPS) is 11.2. The number of nitrogens with one attached hydrogen (secondary N) is 1. The predicted molar refractivity (Wildman–Crippen MR) is 121 cm³/mol. The molecule has 0 saturated carbocycles. The van der Waals surface area contributed by atoms with Gasteiger partial charge in [0.25, 0.3) is 0 Å². The first-order valence-corrected chi connectivity index (χ1v) is 10.4. The lowest BCUT2D eigenvalue weighted by Crippen LogP contribution is -2.00. The van der Waals surface area contributed by atoms with E-state index in [-0.39, 0.29) is 0 Å². The van der Waals surface area contributed by atoms with Gasteiger partial charge in [-0.05, 0) is 73.4 Å². The molecule has 0 aliphatic heterocycles. The SMILES string of the molecule is Cc1ccc(-n2c(-c3ccc(COc4cc(C)ccc4C(C)C)o3)n[nH]c2=S)cc1. The fourth-order valence-corrected chi connectivity index (χ4v) is 3.60. The Morgan fingerprint density at radius 1 is 1.03 bits per heavy atom. The average molecular weight is 420 g/mol. The maximum Gasteiger partial charge on any atom is 0.202 e. The lowest BCUT2D eigenvalue weighted by atomic mass is 10.0. The number of aromatic amines is 1. The van der Waals surface area contributed by atoms with Crippen LogP contribution < -0.4 is 4.74 Å². The molecule has 0 spiro atoms. The van der Waals surface area contributed by atoms with Crippen molar-refractivity contribution in [2.24, 2.45) is 0 Å². The Labute approximate surface area is 181 Å². The van der Waals surface area contributed by atoms with Crippen LogP contribution in [0.4, 0.5) is 0 Å². The summed E-state index contributed by atoms with van der Waals surface area (Å²) in [5.74, 6) is 3.27. The summed E-state index contributed by atoms with van der Waals surface area (Å²) in [6.45, 7) is 8.79. The number of hydrogen-bond acceptors (Lipinski definition) is 4. The molecule has 6 heteroatoms. The summed E-state index contributed by atoms with van der Waals surface area (Å²) in [5, 5.41) is 7.24. The van der Waals surface area contributed by atoms with E-state index in [1.807, 2.05) is 41.0 Å². The van der Waals surface area contributed by atoms with Gasteiger partial charge in [-0.15, -0.1) is 0 Å². The third-order valence-corrected chi connectivity index (χ3v) is 5.28. The zero-order valence-corrected chi connectivity index (χ0v) is 18.4. The molecule has 0 aliphatic carbocycles. The summed E-state index contributed by atoms with van der Waals surface area (Å²) in [5.41, 5.74) is 4.48. The first kappa shape index (κ1) is 20.2. The molecule has 0 fully saturated rings. The largest absolute Gasteiger partial charge is 0.485 e. The fraction of sp³-hybridized carbons (Fsp3) is 0.250. The van der Waals surface area contributed by atoms with Crippen LogP contribution in [0, 0.1) is 18.6 Å². The van der Waals surface area contributed by atoms with E-state index in [0.717, 1.165) is 17.2 Å². The lowest BCUT2D eigenvalue weighted by molar-refractivity contribution is 0.268. The van der Waals surface area contributed by atoms with Crippen molar-refractivity contribution >= 4 is 12.2 Å². The molecule has 0 amide bonds. The van der Waals surface area contributed by atoms with Crippen LogP contribution in [-0.4, -0.2) is 14.8 Å². The van der Waals surface area contributed by atoms with E-state index in [1.165, 1.54) is 16.7 Å². The Balaban J connectivity index is 1.59. The fourth-order valence-electron chi connectivity index (χ4n) is 3.36. The highest BCUT2D eigenvalue weighted by atomic mass is 32.1. The molecule has 154 valence electrons. The van der Waals surface area contributed by atoms with E-state index in [0.29, 0.717) is 28.9 Å². The van der Waals surface area contributed by atoms with Crippen LogP contribution in [-0.2, 0) is 6.61 Å². The number of benzene rings is 2. The Morgan fingerprint density at radius 3 is 2.50 bits per heavy atom. The molecule has 0 saturated heterocycles. The standard InChI is InChI=1S/C24H25N3O2S/c1-15(2)20-11-7-17(4)13-22(20)28-14-19-10-12-21(29-19)23-25-26-24(30)27(23)18-8-5-16(3)6-9-18/h5-13,15H,14H2,1-4H3,(H,26,30). The maximum atomic E-state index is 6.10. The minimum Gasteiger partial charge on any atom is -0.485 e. The summed E-state index contributed by atoms with van der Waals surface area (Å²) in [6, 6.07) is 18.2. The smallest absolute Gasteiger partial charge is 0.202 e. The molecule has 0 unspecified atom stereocenters. The summed E-state index contributed by atoms with van der Waals surface area (Å²) in [4.78, 5) is 0. The van der Waals surface area contributed by atoms with Gasteiger partial charge in [0.1, 0.15) is 18.1 Å². The summed E-state index contributed by atoms with van der Waals surface area (Å²) < 4.78 is 14.5. The van der Waals surface area contributed by atoms with Crippen molar-refractivity contribution in [1.29, 1.82) is 0 Å². The second kappa shape index (κ2) is 8.32. The molecule has 4 aromatic rings. The molecule has 30 heavy (non-hydrogen) atoms. The van der Waals surface area contributed by atoms with Crippen LogP contribution in [0.3, 0.4) is 0 Å². The molecular formula is C24H25N3O2S. The van der Waals surface area contributed by atoms with Crippen molar-refractivity contribution in [2.75, 3.05) is 0 Å². The van der Waals surface area contributed by atoms with E-state index >= 15 is 0 Å². The highest BCUT2D eigenvalue weighted by Gasteiger charge is 2.15. The van der Waals surface area contributed by atoms with Crippen LogP contribution >= 0.6 is 12.2 Å². The van der Waals surface area contributed by atoms with Gasteiger partial charge in [-0.2, -0.15) is 5.10 Å². The second-order valence-electron chi connectivity index (χ2n) is 7.77. The summed E-state index contributed by atoms with van der Waals surface area (Å²) in [6.07, 6.45) is 0. The Morgan fingerprint density at radius 2 is 1.77 bits per heavy atom. The number of nitrogens with zero attached hydrogens (tertiary/aromatic N) is 2. The molecule has 0 aliphatic rings. The monoisotopic (exact) mass is 419 g/mol. The van der Waals surface area contributed by atoms with Gasteiger partial charge in [0.2, 0.25) is 5.82 Å². The van der Waals surface area contributed by atoms with Gasteiger partial charge in [-0.3, -0.25) is 9.67 Å². The van der Waals surface area contributed by atoms with Gasteiger partial charge < -0.3 is 9.15 Å². The minimum absolute atomic E-state index is 0.346. The van der Waals surface area contributed by atoms with Gasteiger partial charge in [-0.25, -0.2) is 0 Å². The predicted octanol–water partition coefficient (Wildman–Crippen LogP) is 6.51. The van der Waals surface area contributed by atoms with Crippen molar-refractivity contribution in [3.05, 3.63) is 81.8 Å². The van der Waals surface area contributed by atoms with Crippen molar-refractivity contribution in [3.8, 4) is 23.0 Å². The van der Waals surface area contributed by atoms with E-state index in [4.69, 9.17) is 21.4 Å². The quantitative estimate of drug-likeness (QED) is 0.362. The average Bonchev–Trinajstić information content (AvgIpc) is 3.33. The topological polar surface area (TPSA) is 56.0 Å². The second-order valence-corrected chi connectivity index (χ2v) is 8.16. The summed E-state index contributed by atoms with van der Waals surface area (Å²) in [7, 11) is 0. The molecule has 2 aromatic carbocycles. The molecule has 2 aromatic heterocycles. The van der Waals surface area contributed by atoms with Crippen LogP contribution in [0.15, 0.2) is 59.0 Å². The highest BCUT2D eigenvalue weighted by molar-refractivity contribution is 7.71. The van der Waals surface area contributed by atoms with E-state index in [2.05, 4.69) is 56.1 Å². The summed E-state index contributed by atoms with van der Waals surface area (Å²) >= 11 is 5.44. The van der Waals surface area contributed by atoms with Crippen molar-refractivity contribution < 1.29 is 9.15 Å². The van der Waals surface area contributed by atoms with Crippen LogP contribution in [0.1, 0.15) is 42.2 Å². The first-order valence-electron chi connectivity index (χ1n) is 9.99. The van der Waals surface area contributed by atoms with Crippen molar-refractivity contribution in [3.63, 3.8) is 0 Å².